The molecule has 0 bridgehead atoms. The van der Waals surface area contributed by atoms with Gasteiger partial charge in [-0.15, -0.1) is 11.8 Å². The molecule has 0 atom stereocenters. The SMILES string of the molecule is COc1ccc(-c2cc(SC)n(-c3nc(Nc4ccccc4C)nc(Nc4ccccc4C)n3)n2)cc1OC. The second-order valence-corrected chi connectivity index (χ2v) is 9.54. The molecule has 5 aromatic rings. The van der Waals surface area contributed by atoms with Gasteiger partial charge in [-0.1, -0.05) is 36.4 Å². The monoisotopic (exact) mass is 539 g/mol. The zero-order valence-electron chi connectivity index (χ0n) is 22.4. The molecule has 0 spiro atoms. The normalized spacial score (nSPS) is 10.8. The molecule has 0 saturated carbocycles. The second kappa shape index (κ2) is 11.4. The van der Waals surface area contributed by atoms with Gasteiger partial charge in [0.15, 0.2) is 11.5 Å². The molecule has 2 N–H and O–H groups in total. The topological polar surface area (TPSA) is 99.0 Å². The van der Waals surface area contributed by atoms with E-state index in [-0.39, 0.29) is 0 Å². The minimum absolute atomic E-state index is 0.383. The van der Waals surface area contributed by atoms with Gasteiger partial charge < -0.3 is 20.1 Å². The summed E-state index contributed by atoms with van der Waals surface area (Å²) in [4.78, 5) is 14.2. The first-order valence-corrected chi connectivity index (χ1v) is 13.5. The fraction of sp³-hybridized carbons (Fsp3) is 0.172. The van der Waals surface area contributed by atoms with E-state index in [2.05, 4.69) is 15.6 Å². The van der Waals surface area contributed by atoms with Crippen LogP contribution in [0.3, 0.4) is 0 Å². The Morgan fingerprint density at radius 3 is 1.85 bits per heavy atom. The standard InChI is InChI=1S/C29H29N7O2S/c1-18-10-6-8-12-21(18)30-27-32-28(31-22-13-9-7-11-19(22)2)34-29(33-27)36-26(39-5)17-23(35-36)20-14-15-24(37-3)25(16-20)38-4/h6-17H,1-5H3,(H2,30,31,32,33,34). The molecule has 0 unspecified atom stereocenters. The number of nitrogens with one attached hydrogen (secondary N) is 2. The van der Waals surface area contributed by atoms with Crippen molar-refractivity contribution in [2.24, 2.45) is 0 Å². The number of thioether (sulfide) groups is 1. The number of nitrogens with zero attached hydrogens (tertiary/aromatic N) is 5. The van der Waals surface area contributed by atoms with Gasteiger partial charge in [-0.2, -0.15) is 24.7 Å². The third-order valence-electron chi connectivity index (χ3n) is 6.16. The van der Waals surface area contributed by atoms with Crippen molar-refractivity contribution >= 4 is 35.0 Å². The molecule has 0 radical (unpaired) electrons. The summed E-state index contributed by atoms with van der Waals surface area (Å²) in [6.07, 6.45) is 1.99. The lowest BCUT2D eigenvalue weighted by Crippen LogP contribution is -2.11. The highest BCUT2D eigenvalue weighted by Crippen LogP contribution is 2.34. The Labute approximate surface area is 231 Å². The fourth-order valence-corrected chi connectivity index (χ4v) is 4.55. The number of methoxy groups -OCH3 is 2. The van der Waals surface area contributed by atoms with Crippen LogP contribution in [0.4, 0.5) is 23.3 Å². The Bertz CT molecular complexity index is 1550. The summed E-state index contributed by atoms with van der Waals surface area (Å²) in [5, 5.41) is 12.4. The van der Waals surface area contributed by atoms with Crippen LogP contribution in [0.5, 0.6) is 11.5 Å². The summed E-state index contributed by atoms with van der Waals surface area (Å²) in [7, 11) is 3.23. The van der Waals surface area contributed by atoms with E-state index in [4.69, 9.17) is 24.5 Å². The van der Waals surface area contributed by atoms with Crippen molar-refractivity contribution in [3.05, 3.63) is 83.9 Å². The minimum atomic E-state index is 0.383. The van der Waals surface area contributed by atoms with Crippen molar-refractivity contribution in [3.8, 4) is 28.7 Å². The lowest BCUT2D eigenvalue weighted by atomic mass is 10.1. The highest BCUT2D eigenvalue weighted by Gasteiger charge is 2.17. The van der Waals surface area contributed by atoms with Crippen LogP contribution in [0, 0.1) is 13.8 Å². The van der Waals surface area contributed by atoms with E-state index in [0.717, 1.165) is 38.8 Å². The van der Waals surface area contributed by atoms with Gasteiger partial charge >= 0.3 is 0 Å². The first-order valence-electron chi connectivity index (χ1n) is 12.3. The Morgan fingerprint density at radius 1 is 0.718 bits per heavy atom. The average molecular weight is 540 g/mol. The summed E-state index contributed by atoms with van der Waals surface area (Å²) in [6, 6.07) is 23.7. The van der Waals surface area contributed by atoms with E-state index >= 15 is 0 Å². The van der Waals surface area contributed by atoms with Crippen LogP contribution >= 0.6 is 11.8 Å². The zero-order valence-corrected chi connectivity index (χ0v) is 23.2. The van der Waals surface area contributed by atoms with Crippen molar-refractivity contribution in [2.75, 3.05) is 31.1 Å². The molecule has 5 rings (SSSR count). The predicted molar refractivity (Wildman–Crippen MR) is 156 cm³/mol. The molecule has 0 aliphatic carbocycles. The molecule has 9 nitrogen and oxygen atoms in total. The third kappa shape index (κ3) is 5.65. The van der Waals surface area contributed by atoms with Crippen molar-refractivity contribution in [3.63, 3.8) is 0 Å². The molecule has 198 valence electrons. The number of hydrogen-bond donors (Lipinski definition) is 2. The van der Waals surface area contributed by atoms with Crippen LogP contribution < -0.4 is 20.1 Å². The molecule has 10 heteroatoms. The molecule has 0 saturated heterocycles. The van der Waals surface area contributed by atoms with E-state index in [1.165, 1.54) is 0 Å². The van der Waals surface area contributed by atoms with Gasteiger partial charge in [0.2, 0.25) is 11.9 Å². The molecule has 3 aromatic carbocycles. The number of hydrogen-bond acceptors (Lipinski definition) is 9. The van der Waals surface area contributed by atoms with Crippen LogP contribution in [-0.2, 0) is 0 Å². The average Bonchev–Trinajstić information content (AvgIpc) is 3.40. The number of anilines is 4. The lowest BCUT2D eigenvalue weighted by Gasteiger charge is -2.13. The van der Waals surface area contributed by atoms with Crippen molar-refractivity contribution in [1.29, 1.82) is 0 Å². The first-order chi connectivity index (χ1) is 19.0. The van der Waals surface area contributed by atoms with Crippen LogP contribution in [0.1, 0.15) is 11.1 Å². The number of rotatable bonds is 9. The summed E-state index contributed by atoms with van der Waals surface area (Å²) < 4.78 is 12.6. The molecule has 39 heavy (non-hydrogen) atoms. The Kier molecular flexibility index (Phi) is 7.64. The molecule has 2 aromatic heterocycles. The Morgan fingerprint density at radius 2 is 1.31 bits per heavy atom. The van der Waals surface area contributed by atoms with E-state index in [0.29, 0.717) is 29.3 Å². The summed E-state index contributed by atoms with van der Waals surface area (Å²) in [6.45, 7) is 4.07. The predicted octanol–water partition coefficient (Wildman–Crippen LogP) is 6.57. The zero-order chi connectivity index (χ0) is 27.4. The number of ether oxygens (including phenoxy) is 2. The van der Waals surface area contributed by atoms with Crippen LogP contribution in [-0.4, -0.2) is 45.2 Å². The van der Waals surface area contributed by atoms with E-state index in [9.17, 15) is 0 Å². The maximum Gasteiger partial charge on any atom is 0.258 e. The quantitative estimate of drug-likeness (QED) is 0.202. The van der Waals surface area contributed by atoms with Crippen LogP contribution in [0.15, 0.2) is 77.8 Å². The highest BCUT2D eigenvalue weighted by atomic mass is 32.2. The van der Waals surface area contributed by atoms with Crippen LogP contribution in [0.2, 0.25) is 0 Å². The molecular weight excluding hydrogens is 510 g/mol. The summed E-state index contributed by atoms with van der Waals surface area (Å²) >= 11 is 1.55. The molecule has 0 aliphatic heterocycles. The van der Waals surface area contributed by atoms with Crippen LogP contribution in [0.25, 0.3) is 17.2 Å². The number of aromatic nitrogens is 5. The number of benzene rings is 3. The van der Waals surface area contributed by atoms with Crippen molar-refractivity contribution < 1.29 is 9.47 Å². The Hall–Kier alpha value is -4.57. The molecule has 0 amide bonds. The van der Waals surface area contributed by atoms with Gasteiger partial charge in [-0.3, -0.25) is 0 Å². The van der Waals surface area contributed by atoms with Gasteiger partial charge in [0.1, 0.15) is 5.03 Å². The highest BCUT2D eigenvalue weighted by molar-refractivity contribution is 7.98. The van der Waals surface area contributed by atoms with E-state index < -0.39 is 0 Å². The minimum Gasteiger partial charge on any atom is -0.493 e. The van der Waals surface area contributed by atoms with Gasteiger partial charge in [0, 0.05) is 16.9 Å². The molecule has 2 heterocycles. The molecular formula is C29H29N7O2S. The van der Waals surface area contributed by atoms with Gasteiger partial charge in [0.25, 0.3) is 5.95 Å². The van der Waals surface area contributed by atoms with Gasteiger partial charge in [-0.25, -0.2) is 0 Å². The van der Waals surface area contributed by atoms with Gasteiger partial charge in [-0.05, 0) is 67.6 Å². The van der Waals surface area contributed by atoms with Gasteiger partial charge in [0.05, 0.1) is 19.9 Å². The Balaban J connectivity index is 1.60. The maximum atomic E-state index is 5.50. The fourth-order valence-electron chi connectivity index (χ4n) is 4.03. The summed E-state index contributed by atoms with van der Waals surface area (Å²) in [5.74, 6) is 2.47. The van der Waals surface area contributed by atoms with E-state index in [1.54, 1.807) is 30.7 Å². The maximum absolute atomic E-state index is 5.50. The van der Waals surface area contributed by atoms with Crippen molar-refractivity contribution in [2.45, 2.75) is 18.9 Å². The second-order valence-electron chi connectivity index (χ2n) is 8.72. The lowest BCUT2D eigenvalue weighted by molar-refractivity contribution is 0.355. The molecule has 0 fully saturated rings. The summed E-state index contributed by atoms with van der Waals surface area (Å²) in [5.41, 5.74) is 5.61. The number of aryl methyl sites for hydroxylation is 2. The van der Waals surface area contributed by atoms with E-state index in [1.807, 2.05) is 92.9 Å². The first kappa shape index (κ1) is 26.1. The smallest absolute Gasteiger partial charge is 0.258 e. The largest absolute Gasteiger partial charge is 0.493 e. The third-order valence-corrected chi connectivity index (χ3v) is 6.87. The number of para-hydroxylation sites is 2. The van der Waals surface area contributed by atoms with Crippen molar-refractivity contribution in [1.82, 2.24) is 24.7 Å². The molecule has 0 aliphatic rings.